The number of halogens is 2. The maximum absolute atomic E-state index is 6.18. The van der Waals surface area contributed by atoms with E-state index in [1.165, 1.54) is 57.8 Å². The minimum Gasteiger partial charge on any atom is -0.334 e. The summed E-state index contributed by atoms with van der Waals surface area (Å²) in [5, 5.41) is 0. The second-order valence-corrected chi connectivity index (χ2v) is 9.02. The van der Waals surface area contributed by atoms with Crippen molar-refractivity contribution in [2.45, 2.75) is 89.1 Å². The molecule has 5 heteroatoms. The highest BCUT2D eigenvalue weighted by atomic mass is 35.5. The van der Waals surface area contributed by atoms with E-state index in [4.69, 9.17) is 32.2 Å². The Morgan fingerprint density at radius 3 is 1.61 bits per heavy atom. The van der Waals surface area contributed by atoms with Gasteiger partial charge in [-0.25, -0.2) is 0 Å². The van der Waals surface area contributed by atoms with Crippen LogP contribution < -0.4 is 0 Å². The molecule has 1 aliphatic rings. The van der Waals surface area contributed by atoms with Gasteiger partial charge >= 0.3 is 0 Å². The normalized spacial score (nSPS) is 16.3. The number of hydrogen-bond donors (Lipinski definition) is 0. The van der Waals surface area contributed by atoms with Crippen LogP contribution in [0.25, 0.3) is 0 Å². The first-order valence-corrected chi connectivity index (χ1v) is 11.9. The molecule has 0 radical (unpaired) electrons. The van der Waals surface area contributed by atoms with Gasteiger partial charge in [-0.05, 0) is 38.5 Å². The number of alkyl halides is 2. The summed E-state index contributed by atoms with van der Waals surface area (Å²) >= 11 is 11.4. The van der Waals surface area contributed by atoms with E-state index in [0.29, 0.717) is 5.66 Å². The quantitative estimate of drug-likeness (QED) is 0.168. The average molecular weight is 385 g/mol. The Hall–Kier alpha value is 0.930. The molecule has 2 nitrogen and oxygen atoms in total. The molecule has 138 valence electrons. The van der Waals surface area contributed by atoms with Crippen LogP contribution in [0.3, 0.4) is 0 Å². The maximum atomic E-state index is 6.18. The molecule has 0 aromatic rings. The van der Waals surface area contributed by atoms with Gasteiger partial charge in [0.05, 0.1) is 13.2 Å². The van der Waals surface area contributed by atoms with Gasteiger partial charge in [-0.15, -0.1) is 23.2 Å². The Labute approximate surface area is 154 Å². The fraction of sp³-hybridized carbons (Fsp3) is 1.00. The molecule has 0 atom stereocenters. The molecule has 0 N–H and O–H groups in total. The Bertz CT molecular complexity index is 235. The van der Waals surface area contributed by atoms with Crippen molar-refractivity contribution in [2.24, 2.45) is 0 Å². The van der Waals surface area contributed by atoms with Gasteiger partial charge in [-0.3, -0.25) is 0 Å². The molecule has 0 aliphatic heterocycles. The zero-order valence-corrected chi connectivity index (χ0v) is 17.0. The minimum atomic E-state index is -0.680. The highest BCUT2D eigenvalue weighted by molar-refractivity contribution is 7.48. The molecule has 23 heavy (non-hydrogen) atoms. The van der Waals surface area contributed by atoms with Crippen molar-refractivity contribution in [1.29, 1.82) is 0 Å². The highest BCUT2D eigenvalue weighted by Gasteiger charge is 2.25. The Morgan fingerprint density at radius 1 is 0.652 bits per heavy atom. The second-order valence-electron chi connectivity index (χ2n) is 6.45. The molecule has 1 aliphatic carbocycles. The van der Waals surface area contributed by atoms with Gasteiger partial charge in [0.1, 0.15) is 0 Å². The Kier molecular flexibility index (Phi) is 15.7. The van der Waals surface area contributed by atoms with Crippen molar-refractivity contribution < 1.29 is 9.05 Å². The van der Waals surface area contributed by atoms with Crippen LogP contribution in [0.15, 0.2) is 0 Å². The van der Waals surface area contributed by atoms with E-state index in [1.807, 2.05) is 0 Å². The van der Waals surface area contributed by atoms with Gasteiger partial charge in [-0.1, -0.05) is 44.9 Å². The maximum Gasteiger partial charge on any atom is 0.173 e. The zero-order valence-electron chi connectivity index (χ0n) is 14.6. The summed E-state index contributed by atoms with van der Waals surface area (Å²) in [6.07, 6.45) is 16.1. The average Bonchev–Trinajstić information content (AvgIpc) is 2.60. The molecule has 1 saturated carbocycles. The van der Waals surface area contributed by atoms with Crippen LogP contribution in [0.2, 0.25) is 0 Å². The molecule has 0 aromatic heterocycles. The lowest BCUT2D eigenvalue weighted by Crippen LogP contribution is -2.14. The standard InChI is InChI=1S/C18H35Cl2O2P/c19-14-8-1-3-10-16-21-23(18-12-6-5-7-13-18)22-17-11-4-2-9-15-20/h18H,1-17H2. The van der Waals surface area contributed by atoms with E-state index in [0.717, 1.165) is 50.7 Å². The lowest BCUT2D eigenvalue weighted by molar-refractivity contribution is 0.228. The highest BCUT2D eigenvalue weighted by Crippen LogP contribution is 2.50. The minimum absolute atomic E-state index is 0.671. The monoisotopic (exact) mass is 384 g/mol. The van der Waals surface area contributed by atoms with E-state index in [2.05, 4.69) is 0 Å². The van der Waals surface area contributed by atoms with Gasteiger partial charge in [-0.2, -0.15) is 0 Å². The summed E-state index contributed by atoms with van der Waals surface area (Å²) in [7, 11) is -0.680. The first kappa shape index (κ1) is 22.0. The molecule has 0 saturated heterocycles. The van der Waals surface area contributed by atoms with Crippen molar-refractivity contribution in [3.63, 3.8) is 0 Å². The summed E-state index contributed by atoms with van der Waals surface area (Å²) in [6, 6.07) is 0. The van der Waals surface area contributed by atoms with Crippen LogP contribution in [0.5, 0.6) is 0 Å². The van der Waals surface area contributed by atoms with Crippen LogP contribution in [0.4, 0.5) is 0 Å². The molecular weight excluding hydrogens is 350 g/mol. The topological polar surface area (TPSA) is 18.5 Å². The smallest absolute Gasteiger partial charge is 0.173 e. The molecule has 0 heterocycles. The van der Waals surface area contributed by atoms with Crippen molar-refractivity contribution >= 4 is 31.6 Å². The molecule has 1 rings (SSSR count). The Morgan fingerprint density at radius 2 is 1.13 bits per heavy atom. The summed E-state index contributed by atoms with van der Waals surface area (Å²) in [5.41, 5.74) is 0.671. The van der Waals surface area contributed by atoms with Gasteiger partial charge < -0.3 is 9.05 Å². The summed E-state index contributed by atoms with van der Waals surface area (Å²) in [4.78, 5) is 0. The molecule has 0 bridgehead atoms. The lowest BCUT2D eigenvalue weighted by Gasteiger charge is -2.29. The van der Waals surface area contributed by atoms with Crippen LogP contribution >= 0.6 is 31.6 Å². The zero-order chi connectivity index (χ0) is 16.6. The predicted molar refractivity (Wildman–Crippen MR) is 104 cm³/mol. The SMILES string of the molecule is ClCCCCCCOP(OCCCCCCCl)C1CCCCC1. The van der Waals surface area contributed by atoms with Crippen LogP contribution in [-0.4, -0.2) is 30.6 Å². The third-order valence-electron chi connectivity index (χ3n) is 4.37. The molecule has 1 fully saturated rings. The summed E-state index contributed by atoms with van der Waals surface area (Å²) < 4.78 is 12.4. The van der Waals surface area contributed by atoms with E-state index >= 15 is 0 Å². The van der Waals surface area contributed by atoms with Gasteiger partial charge in [0.2, 0.25) is 0 Å². The second kappa shape index (κ2) is 16.4. The van der Waals surface area contributed by atoms with E-state index in [9.17, 15) is 0 Å². The van der Waals surface area contributed by atoms with Crippen molar-refractivity contribution in [3.8, 4) is 0 Å². The molecule has 0 unspecified atom stereocenters. The van der Waals surface area contributed by atoms with Crippen molar-refractivity contribution in [3.05, 3.63) is 0 Å². The first-order valence-electron chi connectivity index (χ1n) is 9.55. The van der Waals surface area contributed by atoms with Gasteiger partial charge in [0.25, 0.3) is 0 Å². The number of rotatable bonds is 15. The molecular formula is C18H35Cl2O2P. The lowest BCUT2D eigenvalue weighted by atomic mass is 10.0. The van der Waals surface area contributed by atoms with E-state index in [-0.39, 0.29) is 0 Å². The van der Waals surface area contributed by atoms with Crippen LogP contribution in [-0.2, 0) is 9.05 Å². The van der Waals surface area contributed by atoms with Crippen LogP contribution in [0.1, 0.15) is 83.5 Å². The van der Waals surface area contributed by atoms with Crippen molar-refractivity contribution in [1.82, 2.24) is 0 Å². The van der Waals surface area contributed by atoms with E-state index < -0.39 is 8.38 Å². The number of hydrogen-bond acceptors (Lipinski definition) is 2. The largest absolute Gasteiger partial charge is 0.334 e. The summed E-state index contributed by atoms with van der Waals surface area (Å²) in [6.45, 7) is 1.72. The third kappa shape index (κ3) is 12.0. The molecule has 0 spiro atoms. The predicted octanol–water partition coefficient (Wildman–Crippen LogP) is 7.26. The first-order chi connectivity index (χ1) is 11.4. The fourth-order valence-corrected chi connectivity index (χ4v) is 5.23. The molecule has 0 aromatic carbocycles. The third-order valence-corrected chi connectivity index (χ3v) is 6.89. The fourth-order valence-electron chi connectivity index (χ4n) is 2.95. The number of unbranched alkanes of at least 4 members (excludes halogenated alkanes) is 6. The van der Waals surface area contributed by atoms with E-state index in [1.54, 1.807) is 0 Å². The summed E-state index contributed by atoms with van der Waals surface area (Å²) in [5.74, 6) is 1.56. The van der Waals surface area contributed by atoms with Gasteiger partial charge in [0.15, 0.2) is 8.38 Å². The van der Waals surface area contributed by atoms with Crippen molar-refractivity contribution in [2.75, 3.05) is 25.0 Å². The Balaban J connectivity index is 2.17. The van der Waals surface area contributed by atoms with Gasteiger partial charge in [0, 0.05) is 17.4 Å². The van der Waals surface area contributed by atoms with Crippen LogP contribution in [0, 0.1) is 0 Å². The molecule has 0 amide bonds.